The van der Waals surface area contributed by atoms with Crippen LogP contribution in [0.4, 0.5) is 5.69 Å². The number of ether oxygens (including phenoxy) is 1. The smallest absolute Gasteiger partial charge is 0.233 e. The molecule has 0 spiro atoms. The third-order valence-electron chi connectivity index (χ3n) is 5.29. The fourth-order valence-corrected chi connectivity index (χ4v) is 3.86. The van der Waals surface area contributed by atoms with Crippen LogP contribution in [0.2, 0.25) is 0 Å². The number of amides is 1. The standard InChI is InChI=1S/C24H23NO2/c1-27-21-15-13-20(14-16-21)25-23(19-10-6-3-7-11-19)22(24(25)26)17-12-18-8-4-2-5-9-18/h2-11,13-16,22-23H,12,17H2,1H3/t22-,23-/m1/s1. The van der Waals surface area contributed by atoms with Crippen molar-refractivity contribution in [3.05, 3.63) is 96.1 Å². The molecule has 3 aromatic carbocycles. The maximum Gasteiger partial charge on any atom is 0.233 e. The van der Waals surface area contributed by atoms with Crippen molar-refractivity contribution in [1.82, 2.24) is 0 Å². The number of methoxy groups -OCH3 is 1. The number of anilines is 1. The third-order valence-corrected chi connectivity index (χ3v) is 5.29. The lowest BCUT2D eigenvalue weighted by atomic mass is 9.78. The molecule has 0 bridgehead atoms. The fraction of sp³-hybridized carbons (Fsp3) is 0.208. The van der Waals surface area contributed by atoms with E-state index in [9.17, 15) is 4.79 Å². The second-order valence-corrected chi connectivity index (χ2v) is 6.89. The monoisotopic (exact) mass is 357 g/mol. The molecule has 1 saturated heterocycles. The SMILES string of the molecule is COc1ccc(N2C(=O)[C@H](CCc3ccccc3)[C@H]2c2ccccc2)cc1. The predicted molar refractivity (Wildman–Crippen MR) is 108 cm³/mol. The summed E-state index contributed by atoms with van der Waals surface area (Å²) in [6.07, 6.45) is 1.77. The summed E-state index contributed by atoms with van der Waals surface area (Å²) in [4.78, 5) is 14.9. The van der Waals surface area contributed by atoms with Gasteiger partial charge < -0.3 is 9.64 Å². The van der Waals surface area contributed by atoms with Crippen LogP contribution in [0.5, 0.6) is 5.75 Å². The minimum atomic E-state index is 0.00899. The van der Waals surface area contributed by atoms with Crippen molar-refractivity contribution in [3.8, 4) is 5.75 Å². The summed E-state index contributed by atoms with van der Waals surface area (Å²) in [5.74, 6) is 1.00. The summed E-state index contributed by atoms with van der Waals surface area (Å²) in [7, 11) is 1.65. The molecule has 27 heavy (non-hydrogen) atoms. The second kappa shape index (κ2) is 7.67. The van der Waals surface area contributed by atoms with Crippen LogP contribution in [0.3, 0.4) is 0 Å². The van der Waals surface area contributed by atoms with Gasteiger partial charge in [-0.05, 0) is 48.2 Å². The van der Waals surface area contributed by atoms with Crippen molar-refractivity contribution in [1.29, 1.82) is 0 Å². The van der Waals surface area contributed by atoms with E-state index < -0.39 is 0 Å². The number of carbonyl (C=O) groups is 1. The molecule has 1 fully saturated rings. The molecule has 1 aliphatic heterocycles. The van der Waals surface area contributed by atoms with Gasteiger partial charge in [-0.2, -0.15) is 0 Å². The molecule has 0 saturated carbocycles. The first-order chi connectivity index (χ1) is 13.3. The van der Waals surface area contributed by atoms with Gasteiger partial charge in [0.25, 0.3) is 0 Å². The average molecular weight is 357 g/mol. The molecule has 1 heterocycles. The second-order valence-electron chi connectivity index (χ2n) is 6.89. The fourth-order valence-electron chi connectivity index (χ4n) is 3.86. The summed E-state index contributed by atoms with van der Waals surface area (Å²) < 4.78 is 5.24. The van der Waals surface area contributed by atoms with E-state index in [2.05, 4.69) is 36.4 Å². The quantitative estimate of drug-likeness (QED) is 0.579. The van der Waals surface area contributed by atoms with Crippen LogP contribution < -0.4 is 9.64 Å². The van der Waals surface area contributed by atoms with Crippen LogP contribution in [0.25, 0.3) is 0 Å². The van der Waals surface area contributed by atoms with Crippen LogP contribution in [-0.4, -0.2) is 13.0 Å². The Hall–Kier alpha value is -3.07. The van der Waals surface area contributed by atoms with Crippen molar-refractivity contribution >= 4 is 11.6 Å². The Morgan fingerprint density at radius 1 is 0.852 bits per heavy atom. The van der Waals surface area contributed by atoms with E-state index in [1.54, 1.807) is 7.11 Å². The molecule has 4 rings (SSSR count). The maximum atomic E-state index is 13.0. The van der Waals surface area contributed by atoms with Gasteiger partial charge in [0, 0.05) is 5.69 Å². The lowest BCUT2D eigenvalue weighted by Crippen LogP contribution is -2.55. The Morgan fingerprint density at radius 3 is 2.11 bits per heavy atom. The van der Waals surface area contributed by atoms with Crippen LogP contribution in [0.15, 0.2) is 84.9 Å². The van der Waals surface area contributed by atoms with Crippen molar-refractivity contribution in [3.63, 3.8) is 0 Å². The normalized spacial score (nSPS) is 18.9. The molecule has 0 aliphatic carbocycles. The molecule has 0 aromatic heterocycles. The predicted octanol–water partition coefficient (Wildman–Crippen LogP) is 5.03. The molecule has 0 N–H and O–H groups in total. The Balaban J connectivity index is 1.58. The summed E-state index contributed by atoms with van der Waals surface area (Å²) in [6.45, 7) is 0. The molecule has 1 aliphatic rings. The van der Waals surface area contributed by atoms with E-state index in [0.717, 1.165) is 24.3 Å². The molecule has 0 unspecified atom stereocenters. The van der Waals surface area contributed by atoms with Crippen LogP contribution in [0, 0.1) is 5.92 Å². The van der Waals surface area contributed by atoms with Crippen LogP contribution >= 0.6 is 0 Å². The van der Waals surface area contributed by atoms with E-state index in [1.807, 2.05) is 53.4 Å². The lowest BCUT2D eigenvalue weighted by molar-refractivity contribution is -0.130. The average Bonchev–Trinajstić information content (AvgIpc) is 2.74. The molecular formula is C24H23NO2. The van der Waals surface area contributed by atoms with E-state index >= 15 is 0 Å². The topological polar surface area (TPSA) is 29.5 Å². The molecule has 3 nitrogen and oxygen atoms in total. The Labute approximate surface area is 160 Å². The number of rotatable bonds is 6. The summed E-state index contributed by atoms with van der Waals surface area (Å²) >= 11 is 0. The molecule has 2 atom stereocenters. The van der Waals surface area contributed by atoms with E-state index in [-0.39, 0.29) is 17.9 Å². The molecule has 3 aromatic rings. The van der Waals surface area contributed by atoms with Crippen molar-refractivity contribution in [2.24, 2.45) is 5.92 Å². The molecule has 1 amide bonds. The van der Waals surface area contributed by atoms with E-state index in [1.165, 1.54) is 11.1 Å². The Bertz CT molecular complexity index is 891. The van der Waals surface area contributed by atoms with Crippen molar-refractivity contribution in [2.45, 2.75) is 18.9 Å². The van der Waals surface area contributed by atoms with Gasteiger partial charge in [-0.1, -0.05) is 60.7 Å². The minimum absolute atomic E-state index is 0.00899. The summed E-state index contributed by atoms with van der Waals surface area (Å²) in [5, 5.41) is 0. The zero-order valence-corrected chi connectivity index (χ0v) is 15.4. The number of hydrogen-bond donors (Lipinski definition) is 0. The summed E-state index contributed by atoms with van der Waals surface area (Å²) in [5.41, 5.74) is 3.39. The van der Waals surface area contributed by atoms with Gasteiger partial charge in [0.15, 0.2) is 0 Å². The highest BCUT2D eigenvalue weighted by atomic mass is 16.5. The van der Waals surface area contributed by atoms with Crippen molar-refractivity contribution in [2.75, 3.05) is 12.0 Å². The zero-order valence-electron chi connectivity index (χ0n) is 15.4. The highest BCUT2D eigenvalue weighted by molar-refractivity contribution is 6.03. The van der Waals surface area contributed by atoms with Gasteiger partial charge in [-0.15, -0.1) is 0 Å². The third kappa shape index (κ3) is 3.45. The van der Waals surface area contributed by atoms with Gasteiger partial charge in [0.2, 0.25) is 5.91 Å². The van der Waals surface area contributed by atoms with Gasteiger partial charge >= 0.3 is 0 Å². The Morgan fingerprint density at radius 2 is 1.48 bits per heavy atom. The highest BCUT2D eigenvalue weighted by Gasteiger charge is 2.48. The largest absolute Gasteiger partial charge is 0.497 e. The van der Waals surface area contributed by atoms with E-state index in [0.29, 0.717) is 0 Å². The molecule has 3 heteroatoms. The first-order valence-corrected chi connectivity index (χ1v) is 9.34. The number of nitrogens with zero attached hydrogens (tertiary/aromatic N) is 1. The van der Waals surface area contributed by atoms with Gasteiger partial charge in [0.05, 0.1) is 19.1 Å². The first kappa shape index (κ1) is 17.3. The lowest BCUT2D eigenvalue weighted by Gasteiger charge is -2.47. The Kier molecular flexibility index (Phi) is 4.93. The van der Waals surface area contributed by atoms with Gasteiger partial charge in [-0.25, -0.2) is 0 Å². The van der Waals surface area contributed by atoms with Crippen molar-refractivity contribution < 1.29 is 9.53 Å². The van der Waals surface area contributed by atoms with Crippen LogP contribution in [-0.2, 0) is 11.2 Å². The first-order valence-electron chi connectivity index (χ1n) is 9.34. The summed E-state index contributed by atoms with van der Waals surface area (Å²) in [6, 6.07) is 28.5. The van der Waals surface area contributed by atoms with Gasteiger partial charge in [0.1, 0.15) is 5.75 Å². The number of benzene rings is 3. The molecule has 0 radical (unpaired) electrons. The number of carbonyl (C=O) groups excluding carboxylic acids is 1. The van der Waals surface area contributed by atoms with Crippen LogP contribution in [0.1, 0.15) is 23.6 Å². The number of β-lactam (4-membered cyclic amide) rings is 1. The zero-order chi connectivity index (χ0) is 18.6. The molecular weight excluding hydrogens is 334 g/mol. The minimum Gasteiger partial charge on any atom is -0.497 e. The van der Waals surface area contributed by atoms with Gasteiger partial charge in [-0.3, -0.25) is 4.79 Å². The molecule has 136 valence electrons. The maximum absolute atomic E-state index is 13.0. The highest BCUT2D eigenvalue weighted by Crippen LogP contribution is 2.45. The number of hydrogen-bond acceptors (Lipinski definition) is 2. The van der Waals surface area contributed by atoms with E-state index in [4.69, 9.17) is 4.74 Å². The number of aryl methyl sites for hydroxylation is 1.